The highest BCUT2D eigenvalue weighted by Crippen LogP contribution is 2.19. The van der Waals surface area contributed by atoms with Gasteiger partial charge in [-0.3, -0.25) is 19.1 Å². The summed E-state index contributed by atoms with van der Waals surface area (Å²) in [7, 11) is 0. The molecule has 0 spiro atoms. The average molecular weight is 437 g/mol. The number of hydrogen-bond acceptors (Lipinski definition) is 6. The van der Waals surface area contributed by atoms with Crippen molar-refractivity contribution in [3.05, 3.63) is 44.2 Å². The van der Waals surface area contributed by atoms with Crippen LogP contribution in [0.4, 0.5) is 17.3 Å². The maximum Gasteiger partial charge on any atom is 0.330 e. The van der Waals surface area contributed by atoms with Gasteiger partial charge in [-0.25, -0.2) is 9.78 Å². The average Bonchev–Trinajstić information content (AvgIpc) is 2.67. The number of halogens is 1. The normalized spacial score (nSPS) is 11.0. The van der Waals surface area contributed by atoms with E-state index in [0.717, 1.165) is 19.3 Å². The van der Waals surface area contributed by atoms with Crippen LogP contribution in [0.15, 0.2) is 27.9 Å². The molecule has 164 valence electrons. The van der Waals surface area contributed by atoms with E-state index in [1.165, 1.54) is 10.8 Å². The zero-order valence-electron chi connectivity index (χ0n) is 17.6. The van der Waals surface area contributed by atoms with E-state index in [-0.39, 0.29) is 24.0 Å². The lowest BCUT2D eigenvalue weighted by Gasteiger charge is -2.26. The minimum Gasteiger partial charge on any atom is -0.383 e. The second kappa shape index (κ2) is 10.8. The molecule has 4 N–H and O–H groups in total. The van der Waals surface area contributed by atoms with Crippen molar-refractivity contribution in [1.82, 2.24) is 14.5 Å². The van der Waals surface area contributed by atoms with E-state index in [0.29, 0.717) is 29.8 Å². The summed E-state index contributed by atoms with van der Waals surface area (Å²) in [6.45, 7) is 6.80. The number of carbonyl (C=O) groups is 1. The van der Waals surface area contributed by atoms with Gasteiger partial charge in [0.2, 0.25) is 5.91 Å². The Kier molecular flexibility index (Phi) is 8.46. The van der Waals surface area contributed by atoms with E-state index in [1.54, 1.807) is 17.0 Å². The number of hydrogen-bond donors (Lipinski definition) is 3. The van der Waals surface area contributed by atoms with Gasteiger partial charge in [0.15, 0.2) is 0 Å². The second-order valence-corrected chi connectivity index (χ2v) is 7.95. The van der Waals surface area contributed by atoms with Gasteiger partial charge >= 0.3 is 5.69 Å². The van der Waals surface area contributed by atoms with E-state index in [9.17, 15) is 14.4 Å². The van der Waals surface area contributed by atoms with Crippen LogP contribution in [0.2, 0.25) is 5.02 Å². The van der Waals surface area contributed by atoms with E-state index in [4.69, 9.17) is 17.3 Å². The molecule has 9 nitrogen and oxygen atoms in total. The molecular formula is C20H29ClN6O3. The monoisotopic (exact) mass is 436 g/mol. The first-order valence-electron chi connectivity index (χ1n) is 10.0. The molecule has 0 aliphatic rings. The predicted molar refractivity (Wildman–Crippen MR) is 120 cm³/mol. The lowest BCUT2D eigenvalue weighted by molar-refractivity contribution is -0.115. The highest BCUT2D eigenvalue weighted by molar-refractivity contribution is 6.30. The molecule has 0 aliphatic carbocycles. The largest absolute Gasteiger partial charge is 0.383 e. The molecule has 0 saturated carbocycles. The number of aromatic amines is 1. The van der Waals surface area contributed by atoms with Gasteiger partial charge < -0.3 is 16.0 Å². The number of nitrogens with zero attached hydrogens (tertiary/aromatic N) is 3. The second-order valence-electron chi connectivity index (χ2n) is 7.51. The molecule has 0 aromatic carbocycles. The fraction of sp³-hybridized carbons (Fsp3) is 0.500. The zero-order valence-corrected chi connectivity index (χ0v) is 18.3. The van der Waals surface area contributed by atoms with Crippen molar-refractivity contribution in [3.8, 4) is 0 Å². The van der Waals surface area contributed by atoms with E-state index in [1.807, 2.05) is 20.8 Å². The molecule has 2 rings (SSSR count). The highest BCUT2D eigenvalue weighted by atomic mass is 35.5. The Balaban J connectivity index is 2.33. The highest BCUT2D eigenvalue weighted by Gasteiger charge is 2.21. The summed E-state index contributed by atoms with van der Waals surface area (Å²) in [4.78, 5) is 45.4. The minimum absolute atomic E-state index is 0.0679. The van der Waals surface area contributed by atoms with E-state index >= 15 is 0 Å². The number of nitrogens with two attached hydrogens (primary N) is 1. The number of carbonyl (C=O) groups excluding carboxylic acids is 1. The summed E-state index contributed by atoms with van der Waals surface area (Å²) in [5, 5.41) is 3.14. The topological polar surface area (TPSA) is 126 Å². The number of pyridine rings is 1. The molecule has 0 atom stereocenters. The Morgan fingerprint density at radius 1 is 1.37 bits per heavy atom. The lowest BCUT2D eigenvalue weighted by atomic mass is 10.1. The summed E-state index contributed by atoms with van der Waals surface area (Å²) >= 11 is 5.82. The van der Waals surface area contributed by atoms with Crippen molar-refractivity contribution in [1.29, 1.82) is 0 Å². The van der Waals surface area contributed by atoms with Crippen LogP contribution in [0, 0.1) is 5.92 Å². The number of nitrogen functional groups attached to an aromatic ring is 1. The summed E-state index contributed by atoms with van der Waals surface area (Å²) in [5.41, 5.74) is 5.20. The molecule has 10 heteroatoms. The first-order valence-corrected chi connectivity index (χ1v) is 10.4. The number of rotatable bonds is 10. The number of unbranched alkanes of at least 4 members (excludes halogenated alkanes) is 1. The first kappa shape index (κ1) is 23.5. The molecule has 30 heavy (non-hydrogen) atoms. The van der Waals surface area contributed by atoms with Gasteiger partial charge in [0.25, 0.3) is 5.56 Å². The Morgan fingerprint density at radius 3 is 2.70 bits per heavy atom. The van der Waals surface area contributed by atoms with Crippen molar-refractivity contribution in [2.45, 2.75) is 46.6 Å². The molecule has 0 aliphatic heterocycles. The molecule has 2 heterocycles. The Hall–Kier alpha value is -2.81. The Morgan fingerprint density at radius 2 is 2.10 bits per heavy atom. The minimum atomic E-state index is -0.605. The fourth-order valence-corrected chi connectivity index (χ4v) is 3.02. The molecule has 0 radical (unpaired) electrons. The summed E-state index contributed by atoms with van der Waals surface area (Å²) < 4.78 is 1.35. The number of aromatic nitrogens is 3. The third-order valence-electron chi connectivity index (χ3n) is 4.57. The van der Waals surface area contributed by atoms with Crippen LogP contribution in [0.3, 0.4) is 0 Å². The van der Waals surface area contributed by atoms with Crippen LogP contribution in [0.5, 0.6) is 0 Å². The maximum atomic E-state index is 12.6. The van der Waals surface area contributed by atoms with Gasteiger partial charge in [0.1, 0.15) is 17.3 Å². The van der Waals surface area contributed by atoms with Gasteiger partial charge in [-0.1, -0.05) is 38.8 Å². The fourth-order valence-electron chi connectivity index (χ4n) is 2.91. The van der Waals surface area contributed by atoms with E-state index < -0.39 is 11.2 Å². The van der Waals surface area contributed by atoms with Crippen LogP contribution >= 0.6 is 11.6 Å². The quantitative estimate of drug-likeness (QED) is 0.525. The molecule has 2 aromatic heterocycles. The first-order chi connectivity index (χ1) is 14.2. The zero-order chi connectivity index (χ0) is 22.3. The van der Waals surface area contributed by atoms with Crippen LogP contribution in [-0.4, -0.2) is 33.5 Å². The van der Waals surface area contributed by atoms with Crippen molar-refractivity contribution >= 4 is 34.8 Å². The van der Waals surface area contributed by atoms with Gasteiger partial charge in [-0.05, 0) is 30.9 Å². The van der Waals surface area contributed by atoms with Crippen LogP contribution < -0.4 is 27.2 Å². The standard InChI is InChI=1S/C20H29ClN6O3/c1-4-5-9-27-18(22)17(19(29)25-20(27)30)26(10-8-13(2)3)12-16(28)24-15-7-6-14(21)11-23-15/h6-7,11,13H,4-5,8-10,12,22H2,1-3H3,(H,23,24,28)(H,25,29,30). The molecular weight excluding hydrogens is 408 g/mol. The van der Waals surface area contributed by atoms with Gasteiger partial charge in [-0.2, -0.15) is 0 Å². The van der Waals surface area contributed by atoms with Crippen LogP contribution in [-0.2, 0) is 11.3 Å². The van der Waals surface area contributed by atoms with E-state index in [2.05, 4.69) is 15.3 Å². The maximum absolute atomic E-state index is 12.6. The summed E-state index contributed by atoms with van der Waals surface area (Å²) in [5.74, 6) is 0.403. The van der Waals surface area contributed by atoms with Gasteiger partial charge in [0, 0.05) is 19.3 Å². The predicted octanol–water partition coefficient (Wildman–Crippen LogP) is 2.46. The number of H-pyrrole nitrogens is 1. The third kappa shape index (κ3) is 6.35. The lowest BCUT2D eigenvalue weighted by Crippen LogP contribution is -2.42. The third-order valence-corrected chi connectivity index (χ3v) is 4.79. The molecule has 2 aromatic rings. The Bertz CT molecular complexity index is 968. The molecule has 1 amide bonds. The molecule has 0 bridgehead atoms. The van der Waals surface area contributed by atoms with Crippen LogP contribution in [0.1, 0.15) is 40.0 Å². The summed E-state index contributed by atoms with van der Waals surface area (Å²) in [6.07, 6.45) is 3.78. The van der Waals surface area contributed by atoms with Crippen molar-refractivity contribution in [3.63, 3.8) is 0 Å². The van der Waals surface area contributed by atoms with Gasteiger partial charge in [0.05, 0.1) is 11.6 Å². The summed E-state index contributed by atoms with van der Waals surface area (Å²) in [6, 6.07) is 3.21. The SMILES string of the molecule is CCCCn1c(N)c(N(CCC(C)C)CC(=O)Nc2ccc(Cl)cn2)c(=O)[nH]c1=O. The smallest absolute Gasteiger partial charge is 0.330 e. The molecule has 0 fully saturated rings. The number of anilines is 3. The van der Waals surface area contributed by atoms with Crippen molar-refractivity contribution in [2.24, 2.45) is 5.92 Å². The van der Waals surface area contributed by atoms with Gasteiger partial charge in [-0.15, -0.1) is 0 Å². The van der Waals surface area contributed by atoms with Crippen molar-refractivity contribution < 1.29 is 4.79 Å². The Labute approximate surface area is 180 Å². The van der Waals surface area contributed by atoms with Crippen molar-refractivity contribution in [2.75, 3.05) is 29.0 Å². The van der Waals surface area contributed by atoms with Crippen LogP contribution in [0.25, 0.3) is 0 Å². The molecule has 0 saturated heterocycles. The number of amides is 1. The molecule has 0 unspecified atom stereocenters. The number of nitrogens with one attached hydrogen (secondary N) is 2.